The van der Waals surface area contributed by atoms with Gasteiger partial charge in [-0.15, -0.1) is 10.2 Å². The average molecular weight is 340 g/mol. The van der Waals surface area contributed by atoms with E-state index in [2.05, 4.69) is 10.2 Å². The number of nitrogens with zero attached hydrogens (tertiary/aromatic N) is 3. The summed E-state index contributed by atoms with van der Waals surface area (Å²) in [6, 6.07) is 9.74. The number of rotatable bonds is 6. The van der Waals surface area contributed by atoms with Gasteiger partial charge in [0.1, 0.15) is 0 Å². The van der Waals surface area contributed by atoms with Crippen LogP contribution < -0.4 is 4.90 Å². The smallest absolute Gasteiger partial charge is 0.240 e. The highest BCUT2D eigenvalue weighted by Crippen LogP contribution is 2.31. The minimum absolute atomic E-state index is 0.0922. The summed E-state index contributed by atoms with van der Waals surface area (Å²) < 4.78 is 1.76. The van der Waals surface area contributed by atoms with Crippen LogP contribution in [-0.2, 0) is 4.79 Å². The van der Waals surface area contributed by atoms with Gasteiger partial charge < -0.3 is 4.90 Å². The first-order valence-electron chi connectivity index (χ1n) is 6.56. The summed E-state index contributed by atoms with van der Waals surface area (Å²) in [4.78, 5) is 14.4. The third-order valence-electron chi connectivity index (χ3n) is 2.84. The fourth-order valence-corrected chi connectivity index (χ4v) is 4.47. The highest BCUT2D eigenvalue weighted by molar-refractivity contribution is 8.03. The Kier molecular flexibility index (Phi) is 6.08. The molecule has 1 unspecified atom stereocenters. The lowest BCUT2D eigenvalue weighted by molar-refractivity contribution is -0.117. The normalized spacial score (nSPS) is 12.1. The fraction of sp³-hybridized carbons (Fsp3) is 0.357. The van der Waals surface area contributed by atoms with Gasteiger partial charge in [0.05, 0.1) is 5.25 Å². The molecule has 1 aromatic carbocycles. The molecule has 0 aliphatic carbocycles. The summed E-state index contributed by atoms with van der Waals surface area (Å²) in [5.41, 5.74) is 0.930. The molecule has 0 radical (unpaired) electrons. The van der Waals surface area contributed by atoms with E-state index in [-0.39, 0.29) is 11.2 Å². The van der Waals surface area contributed by atoms with Gasteiger partial charge in [-0.2, -0.15) is 0 Å². The van der Waals surface area contributed by atoms with Crippen LogP contribution in [0.3, 0.4) is 0 Å². The number of para-hydroxylation sites is 1. The van der Waals surface area contributed by atoms with Crippen LogP contribution in [-0.4, -0.2) is 34.2 Å². The van der Waals surface area contributed by atoms with E-state index in [1.165, 1.54) is 23.1 Å². The van der Waals surface area contributed by atoms with Gasteiger partial charge in [-0.25, -0.2) is 0 Å². The van der Waals surface area contributed by atoms with Crippen LogP contribution in [0.4, 0.5) is 5.69 Å². The van der Waals surface area contributed by atoms with Crippen LogP contribution in [0.25, 0.3) is 0 Å². The maximum atomic E-state index is 12.6. The topological polar surface area (TPSA) is 46.1 Å². The summed E-state index contributed by atoms with van der Waals surface area (Å²) >= 11 is 4.56. The van der Waals surface area contributed by atoms with Crippen molar-refractivity contribution < 1.29 is 4.79 Å². The number of carbonyl (C=O) groups excluding carboxylic acids is 1. The Morgan fingerprint density at radius 1 is 1.29 bits per heavy atom. The number of hydrogen-bond donors (Lipinski definition) is 0. The predicted octanol–water partition coefficient (Wildman–Crippen LogP) is 3.79. The number of hydrogen-bond acceptors (Lipinski definition) is 6. The van der Waals surface area contributed by atoms with Crippen molar-refractivity contribution in [2.24, 2.45) is 0 Å². The molecule has 1 heterocycles. The Balaban J connectivity index is 2.06. The Morgan fingerprint density at radius 2 is 1.95 bits per heavy atom. The summed E-state index contributed by atoms with van der Waals surface area (Å²) in [6.07, 6.45) is 1.97. The Labute approximate surface area is 137 Å². The Bertz CT molecular complexity index is 588. The van der Waals surface area contributed by atoms with Crippen LogP contribution in [0.1, 0.15) is 13.8 Å². The molecule has 0 saturated heterocycles. The van der Waals surface area contributed by atoms with E-state index in [0.717, 1.165) is 14.4 Å². The van der Waals surface area contributed by atoms with Crippen molar-refractivity contribution in [2.75, 3.05) is 17.7 Å². The molecule has 0 N–H and O–H groups in total. The largest absolute Gasteiger partial charge is 0.312 e. The van der Waals surface area contributed by atoms with Gasteiger partial charge >= 0.3 is 0 Å². The second-order valence-corrected chi connectivity index (χ2v) is 7.83. The van der Waals surface area contributed by atoms with Crippen molar-refractivity contribution in [1.29, 1.82) is 0 Å². The molecule has 4 nitrogen and oxygen atoms in total. The maximum Gasteiger partial charge on any atom is 0.240 e. The summed E-state index contributed by atoms with van der Waals surface area (Å²) in [6.45, 7) is 4.55. The molecule has 2 aromatic rings. The third-order valence-corrected chi connectivity index (χ3v) is 5.91. The molecule has 7 heteroatoms. The van der Waals surface area contributed by atoms with Crippen molar-refractivity contribution in [3.05, 3.63) is 30.3 Å². The van der Waals surface area contributed by atoms with E-state index in [9.17, 15) is 4.79 Å². The van der Waals surface area contributed by atoms with Gasteiger partial charge in [0, 0.05) is 12.2 Å². The van der Waals surface area contributed by atoms with Gasteiger partial charge in [0.25, 0.3) is 0 Å². The highest BCUT2D eigenvalue weighted by atomic mass is 32.2. The first-order chi connectivity index (χ1) is 10.2. The van der Waals surface area contributed by atoms with E-state index in [0.29, 0.717) is 6.54 Å². The fourth-order valence-electron chi connectivity index (χ4n) is 1.82. The van der Waals surface area contributed by atoms with Gasteiger partial charge in [-0.3, -0.25) is 4.79 Å². The number of amides is 1. The zero-order valence-electron chi connectivity index (χ0n) is 12.1. The van der Waals surface area contributed by atoms with Crippen molar-refractivity contribution >= 4 is 46.5 Å². The Hall–Kier alpha value is -1.05. The molecule has 0 spiro atoms. The summed E-state index contributed by atoms with van der Waals surface area (Å²) in [5.74, 6) is 0.0922. The second-order valence-electron chi connectivity index (χ2n) is 4.22. The molecule has 0 bridgehead atoms. The molecule has 0 aliphatic heterocycles. The number of carbonyl (C=O) groups is 1. The standard InChI is InChI=1S/C14H17N3OS3/c1-4-17(11-8-6-5-7-9-11)12(18)10(2)20-14-16-15-13(19-3)21-14/h5-10H,4H2,1-3H3. The number of thioether (sulfide) groups is 2. The van der Waals surface area contributed by atoms with Crippen LogP contribution in [0.5, 0.6) is 0 Å². The van der Waals surface area contributed by atoms with Crippen molar-refractivity contribution in [1.82, 2.24) is 10.2 Å². The lowest BCUT2D eigenvalue weighted by atomic mass is 10.2. The van der Waals surface area contributed by atoms with Gasteiger partial charge in [0.2, 0.25) is 5.91 Å². The molecule has 0 saturated carbocycles. The molecule has 1 atom stereocenters. The zero-order valence-corrected chi connectivity index (χ0v) is 14.6. The molecule has 21 heavy (non-hydrogen) atoms. The van der Waals surface area contributed by atoms with Crippen LogP contribution in [0, 0.1) is 0 Å². The number of aromatic nitrogens is 2. The average Bonchev–Trinajstić information content (AvgIpc) is 2.96. The van der Waals surface area contributed by atoms with Crippen molar-refractivity contribution in [3.8, 4) is 0 Å². The highest BCUT2D eigenvalue weighted by Gasteiger charge is 2.23. The zero-order chi connectivity index (χ0) is 15.2. The molecule has 1 aromatic heterocycles. The van der Waals surface area contributed by atoms with E-state index in [4.69, 9.17) is 0 Å². The molecule has 0 fully saturated rings. The minimum Gasteiger partial charge on any atom is -0.312 e. The first kappa shape index (κ1) is 16.3. The van der Waals surface area contributed by atoms with Crippen LogP contribution in [0.2, 0.25) is 0 Å². The summed E-state index contributed by atoms with van der Waals surface area (Å²) in [5, 5.41) is 7.98. The number of anilines is 1. The van der Waals surface area contributed by atoms with Crippen molar-refractivity contribution in [3.63, 3.8) is 0 Å². The minimum atomic E-state index is -0.187. The maximum absolute atomic E-state index is 12.6. The second kappa shape index (κ2) is 7.82. The molecule has 2 rings (SSSR count). The quantitative estimate of drug-likeness (QED) is 0.749. The first-order valence-corrected chi connectivity index (χ1v) is 9.48. The summed E-state index contributed by atoms with van der Waals surface area (Å²) in [7, 11) is 0. The van der Waals surface area contributed by atoms with E-state index < -0.39 is 0 Å². The third kappa shape index (κ3) is 4.21. The SMILES string of the molecule is CCN(C(=O)C(C)Sc1nnc(SC)s1)c1ccccc1. The molecule has 0 aliphatic rings. The molecular weight excluding hydrogens is 322 g/mol. The molecule has 112 valence electrons. The van der Waals surface area contributed by atoms with Crippen LogP contribution >= 0.6 is 34.9 Å². The molecule has 1 amide bonds. The monoisotopic (exact) mass is 339 g/mol. The van der Waals surface area contributed by atoms with E-state index >= 15 is 0 Å². The number of benzene rings is 1. The van der Waals surface area contributed by atoms with Crippen molar-refractivity contribution in [2.45, 2.75) is 27.8 Å². The lowest BCUT2D eigenvalue weighted by Gasteiger charge is -2.23. The van der Waals surface area contributed by atoms with E-state index in [1.807, 2.05) is 50.4 Å². The van der Waals surface area contributed by atoms with Gasteiger partial charge in [-0.1, -0.05) is 53.1 Å². The van der Waals surface area contributed by atoms with Gasteiger partial charge in [-0.05, 0) is 32.2 Å². The lowest BCUT2D eigenvalue weighted by Crippen LogP contribution is -2.36. The van der Waals surface area contributed by atoms with E-state index in [1.54, 1.807) is 16.7 Å². The van der Waals surface area contributed by atoms with Gasteiger partial charge in [0.15, 0.2) is 8.68 Å². The molecular formula is C14H17N3OS3. The van der Waals surface area contributed by atoms with Crippen LogP contribution in [0.15, 0.2) is 39.0 Å². The predicted molar refractivity (Wildman–Crippen MR) is 91.5 cm³/mol. The Morgan fingerprint density at radius 3 is 2.52 bits per heavy atom.